The molecule has 0 N–H and O–H groups in total. The predicted molar refractivity (Wildman–Crippen MR) is 94.9 cm³/mol. The van der Waals surface area contributed by atoms with Crippen LogP contribution >= 0.6 is 0 Å². The van der Waals surface area contributed by atoms with Gasteiger partial charge < -0.3 is 9.80 Å². The summed E-state index contributed by atoms with van der Waals surface area (Å²) in [6, 6.07) is 4.98. The Hall–Kier alpha value is -1.56. The fourth-order valence-corrected chi connectivity index (χ4v) is 4.06. The van der Waals surface area contributed by atoms with Crippen LogP contribution < -0.4 is 0 Å². The van der Waals surface area contributed by atoms with E-state index in [9.17, 15) is 18.0 Å². The Morgan fingerprint density at radius 1 is 1.00 bits per heavy atom. The summed E-state index contributed by atoms with van der Waals surface area (Å²) in [4.78, 5) is 17.0. The van der Waals surface area contributed by atoms with Gasteiger partial charge in [-0.25, -0.2) is 0 Å². The van der Waals surface area contributed by atoms with E-state index in [1.54, 1.807) is 11.9 Å². The van der Waals surface area contributed by atoms with Crippen LogP contribution in [0.2, 0.25) is 0 Å². The maximum Gasteiger partial charge on any atom is 0.416 e. The van der Waals surface area contributed by atoms with Crippen LogP contribution in [0.1, 0.15) is 54.4 Å². The molecule has 0 bridgehead atoms. The van der Waals surface area contributed by atoms with Crippen molar-refractivity contribution >= 4 is 5.91 Å². The second-order valence-corrected chi connectivity index (χ2v) is 7.79. The zero-order valence-corrected chi connectivity index (χ0v) is 15.4. The number of carbonyl (C=O) groups is 1. The molecule has 0 heterocycles. The number of rotatable bonds is 5. The highest BCUT2D eigenvalue weighted by Crippen LogP contribution is 2.33. The molecule has 1 aromatic carbocycles. The van der Waals surface area contributed by atoms with Crippen molar-refractivity contribution < 1.29 is 18.0 Å². The molecule has 0 spiro atoms. The summed E-state index contributed by atoms with van der Waals surface area (Å²) in [5.41, 5.74) is -0.411. The highest BCUT2D eigenvalue weighted by molar-refractivity contribution is 5.94. The maximum atomic E-state index is 12.8. The molecule has 1 aromatic rings. The summed E-state index contributed by atoms with van der Waals surface area (Å²) in [6.07, 6.45) is 2.47. The lowest BCUT2D eigenvalue weighted by Gasteiger charge is -2.42. The van der Waals surface area contributed by atoms with Gasteiger partial charge in [-0.15, -0.1) is 0 Å². The zero-order valence-electron chi connectivity index (χ0n) is 15.4. The number of halogens is 3. The molecule has 3 rings (SSSR count). The molecule has 0 saturated heterocycles. The van der Waals surface area contributed by atoms with E-state index in [0.717, 1.165) is 43.9 Å². The molecule has 2 fully saturated rings. The van der Waals surface area contributed by atoms with Gasteiger partial charge in [0.1, 0.15) is 0 Å². The molecule has 0 radical (unpaired) electrons. The monoisotopic (exact) mass is 368 g/mol. The van der Waals surface area contributed by atoms with Crippen molar-refractivity contribution in [2.24, 2.45) is 5.92 Å². The quantitative estimate of drug-likeness (QED) is 0.768. The third-order valence-corrected chi connectivity index (χ3v) is 5.78. The highest BCUT2D eigenvalue weighted by atomic mass is 19.4. The van der Waals surface area contributed by atoms with Crippen LogP contribution in [0, 0.1) is 5.92 Å². The first-order valence-corrected chi connectivity index (χ1v) is 9.42. The molecular weight excluding hydrogens is 341 g/mol. The number of hydrogen-bond acceptors (Lipinski definition) is 2. The predicted octanol–water partition coefficient (Wildman–Crippen LogP) is 4.43. The van der Waals surface area contributed by atoms with E-state index in [1.807, 2.05) is 0 Å². The number of likely N-dealkylation sites (N-methyl/N-ethyl adjacent to an activating group) is 2. The molecule has 1 amide bonds. The first kappa shape index (κ1) is 19.2. The van der Waals surface area contributed by atoms with Gasteiger partial charge in [0.05, 0.1) is 5.56 Å². The number of benzene rings is 1. The number of nitrogens with zero attached hydrogens (tertiary/aromatic N) is 2. The molecule has 2 aliphatic rings. The van der Waals surface area contributed by atoms with Crippen LogP contribution in [0.25, 0.3) is 0 Å². The fraction of sp³-hybridized carbons (Fsp3) is 0.650. The molecule has 2 atom stereocenters. The summed E-state index contributed by atoms with van der Waals surface area (Å²) in [6.45, 7) is 1.07. The van der Waals surface area contributed by atoms with E-state index >= 15 is 0 Å². The van der Waals surface area contributed by atoms with Gasteiger partial charge in [0.2, 0.25) is 0 Å². The standard InChI is InChI=1S/C20H27F3N2O/c1-24(13-14-7-8-14)17-5-3-4-6-18(17)25(2)19(26)15-9-11-16(12-10-15)20(21,22)23/h9-12,14,17-18H,3-8,13H2,1-2H3. The lowest BCUT2D eigenvalue weighted by molar-refractivity contribution is -0.137. The number of alkyl halides is 3. The smallest absolute Gasteiger partial charge is 0.337 e. The van der Waals surface area contributed by atoms with E-state index in [0.29, 0.717) is 11.6 Å². The van der Waals surface area contributed by atoms with Crippen LogP contribution in [0.4, 0.5) is 13.2 Å². The maximum absolute atomic E-state index is 12.8. The minimum atomic E-state index is -4.38. The lowest BCUT2D eigenvalue weighted by atomic mass is 9.88. The molecule has 6 heteroatoms. The summed E-state index contributed by atoms with van der Waals surface area (Å²) >= 11 is 0. The van der Waals surface area contributed by atoms with E-state index in [4.69, 9.17) is 0 Å². The molecule has 2 unspecified atom stereocenters. The molecule has 26 heavy (non-hydrogen) atoms. The summed E-state index contributed by atoms with van der Waals surface area (Å²) < 4.78 is 38.2. The first-order valence-electron chi connectivity index (χ1n) is 9.42. The summed E-state index contributed by atoms with van der Waals surface area (Å²) in [7, 11) is 3.92. The Bertz CT molecular complexity index is 625. The SMILES string of the molecule is CN(CC1CC1)C1CCCCC1N(C)C(=O)c1ccc(C(F)(F)F)cc1. The third kappa shape index (κ3) is 4.40. The van der Waals surface area contributed by atoms with Crippen molar-refractivity contribution in [3.63, 3.8) is 0 Å². The van der Waals surface area contributed by atoms with Crippen molar-refractivity contribution in [1.82, 2.24) is 9.80 Å². The average molecular weight is 368 g/mol. The van der Waals surface area contributed by atoms with Gasteiger partial charge in [-0.3, -0.25) is 4.79 Å². The van der Waals surface area contributed by atoms with Gasteiger partial charge in [0, 0.05) is 31.2 Å². The van der Waals surface area contributed by atoms with Gasteiger partial charge in [0.25, 0.3) is 5.91 Å². The van der Waals surface area contributed by atoms with Crippen molar-refractivity contribution in [2.45, 2.75) is 56.8 Å². The Balaban J connectivity index is 1.70. The highest BCUT2D eigenvalue weighted by Gasteiger charge is 2.36. The van der Waals surface area contributed by atoms with Crippen molar-refractivity contribution in [3.8, 4) is 0 Å². The average Bonchev–Trinajstić information content (AvgIpc) is 3.44. The molecule has 3 nitrogen and oxygen atoms in total. The molecule has 2 aliphatic carbocycles. The molecule has 2 saturated carbocycles. The van der Waals surface area contributed by atoms with Gasteiger partial charge in [-0.05, 0) is 62.9 Å². The fourth-order valence-electron chi connectivity index (χ4n) is 4.06. The summed E-state index contributed by atoms with van der Waals surface area (Å²) in [5, 5.41) is 0. The lowest BCUT2D eigenvalue weighted by Crippen LogP contribution is -2.53. The molecule has 0 aliphatic heterocycles. The minimum Gasteiger partial charge on any atom is -0.337 e. The minimum absolute atomic E-state index is 0.113. The van der Waals surface area contributed by atoms with Gasteiger partial charge in [0.15, 0.2) is 0 Å². The number of hydrogen-bond donors (Lipinski definition) is 0. The second kappa shape index (κ2) is 7.59. The number of carbonyl (C=O) groups excluding carboxylic acids is 1. The van der Waals surface area contributed by atoms with Crippen molar-refractivity contribution in [1.29, 1.82) is 0 Å². The van der Waals surface area contributed by atoms with Gasteiger partial charge in [-0.1, -0.05) is 12.8 Å². The van der Waals surface area contributed by atoms with Crippen LogP contribution in [-0.2, 0) is 6.18 Å². The Labute approximate surface area is 153 Å². The largest absolute Gasteiger partial charge is 0.416 e. The van der Waals surface area contributed by atoms with E-state index in [1.165, 1.54) is 31.4 Å². The molecular formula is C20H27F3N2O. The molecule has 144 valence electrons. The van der Waals surface area contributed by atoms with E-state index in [-0.39, 0.29) is 11.9 Å². The summed E-state index contributed by atoms with van der Waals surface area (Å²) in [5.74, 6) is 0.592. The third-order valence-electron chi connectivity index (χ3n) is 5.78. The second-order valence-electron chi connectivity index (χ2n) is 7.79. The Morgan fingerprint density at radius 3 is 2.12 bits per heavy atom. The van der Waals surface area contributed by atoms with Crippen molar-refractivity contribution in [2.75, 3.05) is 20.6 Å². The zero-order chi connectivity index (χ0) is 18.9. The topological polar surface area (TPSA) is 23.6 Å². The van der Waals surface area contributed by atoms with Crippen LogP contribution in [0.3, 0.4) is 0 Å². The number of amides is 1. The first-order chi connectivity index (χ1) is 12.3. The van der Waals surface area contributed by atoms with Gasteiger partial charge >= 0.3 is 6.18 Å². The van der Waals surface area contributed by atoms with E-state index < -0.39 is 11.7 Å². The normalized spacial score (nSPS) is 23.9. The van der Waals surface area contributed by atoms with Crippen LogP contribution in [0.5, 0.6) is 0 Å². The van der Waals surface area contributed by atoms with Crippen LogP contribution in [0.15, 0.2) is 24.3 Å². The van der Waals surface area contributed by atoms with E-state index in [2.05, 4.69) is 11.9 Å². The van der Waals surface area contributed by atoms with Gasteiger partial charge in [-0.2, -0.15) is 13.2 Å². The van der Waals surface area contributed by atoms with Crippen LogP contribution in [-0.4, -0.2) is 48.4 Å². The molecule has 0 aromatic heterocycles. The Morgan fingerprint density at radius 2 is 1.58 bits per heavy atom. The Kier molecular flexibility index (Phi) is 5.61. The van der Waals surface area contributed by atoms with Crippen molar-refractivity contribution in [3.05, 3.63) is 35.4 Å².